The van der Waals surface area contributed by atoms with Gasteiger partial charge in [0.25, 0.3) is 0 Å². The van der Waals surface area contributed by atoms with Crippen molar-refractivity contribution in [2.75, 3.05) is 37.7 Å². The molecule has 21 heteroatoms. The van der Waals surface area contributed by atoms with Gasteiger partial charge in [0.15, 0.2) is 5.82 Å². The summed E-state index contributed by atoms with van der Waals surface area (Å²) < 4.78 is 174. The van der Waals surface area contributed by atoms with E-state index in [1.54, 1.807) is 37.8 Å². The molecule has 3 saturated heterocycles. The van der Waals surface area contributed by atoms with Crippen molar-refractivity contribution in [3.8, 4) is 29.6 Å². The highest BCUT2D eigenvalue weighted by Gasteiger charge is 2.86. The van der Waals surface area contributed by atoms with Crippen molar-refractivity contribution in [1.29, 1.82) is 0 Å². The summed E-state index contributed by atoms with van der Waals surface area (Å²) in [5.41, 5.74) is -8.87. The van der Waals surface area contributed by atoms with E-state index in [0.717, 1.165) is 0 Å². The number of ether oxygens (including phenoxy) is 3. The van der Waals surface area contributed by atoms with Gasteiger partial charge in [0, 0.05) is 36.6 Å². The van der Waals surface area contributed by atoms with Gasteiger partial charge in [0.1, 0.15) is 35.1 Å². The Morgan fingerprint density at radius 2 is 1.63 bits per heavy atom. The van der Waals surface area contributed by atoms with Gasteiger partial charge >= 0.3 is 36.2 Å². The summed E-state index contributed by atoms with van der Waals surface area (Å²) in [5, 5.41) is 0.883. The Morgan fingerprint density at radius 1 is 0.923 bits per heavy atom. The van der Waals surface area contributed by atoms with Crippen molar-refractivity contribution in [3.63, 3.8) is 0 Å². The lowest BCUT2D eigenvalue weighted by atomic mass is 9.93. The Kier molecular flexibility index (Phi) is 11.4. The molecule has 0 bridgehead atoms. The van der Waals surface area contributed by atoms with Gasteiger partial charge in [-0.1, -0.05) is 37.1 Å². The van der Waals surface area contributed by atoms with Gasteiger partial charge in [-0.15, -0.1) is 6.42 Å². The number of halogens is 11. The summed E-state index contributed by atoms with van der Waals surface area (Å²) >= 11 is 0. The molecule has 65 heavy (non-hydrogen) atoms. The smallest absolute Gasteiger partial charge is 0.435 e. The van der Waals surface area contributed by atoms with Gasteiger partial charge in [-0.2, -0.15) is 49.5 Å². The summed E-state index contributed by atoms with van der Waals surface area (Å²) in [4.78, 5) is 32.5. The third kappa shape index (κ3) is 7.81. The zero-order valence-corrected chi connectivity index (χ0v) is 35.4. The van der Waals surface area contributed by atoms with Crippen LogP contribution in [0.25, 0.3) is 32.9 Å². The second kappa shape index (κ2) is 16.0. The zero-order valence-electron chi connectivity index (χ0n) is 35.4. The molecular weight excluding hydrogens is 885 g/mol. The molecule has 8 rings (SSSR count). The molecule has 4 aromatic rings. The summed E-state index contributed by atoms with van der Waals surface area (Å²) in [6, 6.07) is 6.12. The molecule has 0 radical (unpaired) electrons. The highest BCUT2D eigenvalue weighted by molar-refractivity contribution is 6.03. The predicted octanol–water partition coefficient (Wildman–Crippen LogP) is 9.68. The Bertz CT molecular complexity index is 2540. The molecular formula is C44H43F11N6O4. The first-order chi connectivity index (χ1) is 30.3. The average molecular weight is 929 g/mol. The Labute approximate surface area is 365 Å². The minimum absolute atomic E-state index is 0.0823. The summed E-state index contributed by atoms with van der Waals surface area (Å²) in [5.74, 6) is 0.793. The van der Waals surface area contributed by atoms with Crippen molar-refractivity contribution in [1.82, 2.24) is 24.8 Å². The van der Waals surface area contributed by atoms with E-state index in [4.69, 9.17) is 25.9 Å². The molecule has 4 aliphatic rings. The molecule has 0 saturated carbocycles. The highest BCUT2D eigenvalue weighted by Crippen LogP contribution is 2.57. The van der Waals surface area contributed by atoms with Crippen LogP contribution in [-0.2, 0) is 15.9 Å². The van der Waals surface area contributed by atoms with Gasteiger partial charge in [-0.05, 0) is 77.3 Å². The number of terminal acetylenes is 1. The molecule has 6 heterocycles. The maximum atomic E-state index is 17.5. The Hall–Kier alpha value is -5.23. The van der Waals surface area contributed by atoms with Crippen molar-refractivity contribution >= 4 is 33.6 Å². The number of fused-ring (bicyclic) bond motifs is 4. The number of hydrogen-bond acceptors (Lipinski definition) is 9. The van der Waals surface area contributed by atoms with E-state index < -0.39 is 96.8 Å². The Balaban J connectivity index is 1.22. The lowest BCUT2D eigenvalue weighted by molar-refractivity contribution is -0.463. The molecule has 10 nitrogen and oxygen atoms in total. The molecule has 1 amide bonds. The van der Waals surface area contributed by atoms with Crippen molar-refractivity contribution in [2.45, 2.75) is 120 Å². The quantitative estimate of drug-likeness (QED) is 0.133. The van der Waals surface area contributed by atoms with Crippen LogP contribution < -0.4 is 9.64 Å². The minimum Gasteiger partial charge on any atom is -0.461 e. The number of hydrogen-bond donors (Lipinski definition) is 0. The molecule has 350 valence electrons. The van der Waals surface area contributed by atoms with Crippen LogP contribution in [0.3, 0.4) is 0 Å². The van der Waals surface area contributed by atoms with Gasteiger partial charge in [0.2, 0.25) is 0 Å². The number of aromatic nitrogens is 3. The third-order valence-corrected chi connectivity index (χ3v) is 12.8. The van der Waals surface area contributed by atoms with E-state index in [1.807, 2.05) is 11.8 Å². The Morgan fingerprint density at radius 3 is 2.28 bits per heavy atom. The molecule has 3 fully saturated rings. The van der Waals surface area contributed by atoms with Crippen molar-refractivity contribution in [2.24, 2.45) is 0 Å². The number of pyridine rings is 1. The SMILES string of the molecule is C#Cc1c(F)ccc2cccc(-c3nc4c5c(nc(OC[C@@]67CCCN6C[C@@H](OC(C(F)(F)F)(C(F)(F)F)C(F)(F)F)C7)nc5c3F)N3C[C@@H](CC)N(C(=O)OC(C)(C)C)C[C@H]3CC4)c12. The van der Waals surface area contributed by atoms with E-state index in [-0.39, 0.29) is 71.4 Å². The first kappa shape index (κ1) is 46.3. The fourth-order valence-electron chi connectivity index (χ4n) is 9.86. The van der Waals surface area contributed by atoms with E-state index in [1.165, 1.54) is 23.1 Å². The topological polar surface area (TPSA) is 93.2 Å². The van der Waals surface area contributed by atoms with Crippen molar-refractivity contribution < 1.29 is 67.3 Å². The van der Waals surface area contributed by atoms with E-state index in [9.17, 15) is 44.3 Å². The second-order valence-corrected chi connectivity index (χ2v) is 18.0. The van der Waals surface area contributed by atoms with Crippen LogP contribution in [0.1, 0.15) is 71.1 Å². The number of nitrogens with zero attached hydrogens (tertiary/aromatic N) is 6. The van der Waals surface area contributed by atoms with Crippen molar-refractivity contribution in [3.05, 3.63) is 53.2 Å². The van der Waals surface area contributed by atoms with E-state index in [0.29, 0.717) is 30.3 Å². The van der Waals surface area contributed by atoms with Crippen LogP contribution in [0.15, 0.2) is 30.3 Å². The van der Waals surface area contributed by atoms with Gasteiger partial charge in [0.05, 0.1) is 34.3 Å². The van der Waals surface area contributed by atoms with Crippen LogP contribution in [0.4, 0.5) is 58.9 Å². The maximum Gasteiger partial charge on any atom is 0.435 e. The largest absolute Gasteiger partial charge is 0.461 e. The average Bonchev–Trinajstić information content (AvgIpc) is 3.71. The van der Waals surface area contributed by atoms with Crippen LogP contribution in [0.5, 0.6) is 6.01 Å². The molecule has 0 N–H and O–H groups in total. The normalized spacial score (nSPS) is 23.1. The number of carbonyl (C=O) groups excluding carboxylic acids is 1. The number of rotatable bonds is 7. The maximum absolute atomic E-state index is 17.5. The molecule has 0 aliphatic carbocycles. The summed E-state index contributed by atoms with van der Waals surface area (Å²) in [6.45, 7) is 6.26. The molecule has 2 aromatic carbocycles. The molecule has 2 aromatic heterocycles. The number of alkyl halides is 9. The second-order valence-electron chi connectivity index (χ2n) is 18.0. The van der Waals surface area contributed by atoms with Crippen LogP contribution in [-0.4, -0.2) is 117 Å². The predicted molar refractivity (Wildman–Crippen MR) is 214 cm³/mol. The van der Waals surface area contributed by atoms with Crippen LogP contribution >= 0.6 is 0 Å². The minimum atomic E-state index is -6.91. The number of aryl methyl sites for hydroxylation is 1. The number of amides is 1. The fourth-order valence-corrected chi connectivity index (χ4v) is 9.86. The number of benzene rings is 2. The van der Waals surface area contributed by atoms with Gasteiger partial charge in [-0.25, -0.2) is 18.6 Å². The van der Waals surface area contributed by atoms with E-state index in [2.05, 4.69) is 15.6 Å². The van der Waals surface area contributed by atoms with Crippen LogP contribution in [0.2, 0.25) is 0 Å². The first-order valence-corrected chi connectivity index (χ1v) is 20.9. The number of anilines is 1. The molecule has 4 atom stereocenters. The first-order valence-electron chi connectivity index (χ1n) is 20.9. The zero-order chi connectivity index (χ0) is 47.2. The van der Waals surface area contributed by atoms with Gasteiger partial charge < -0.3 is 24.0 Å². The van der Waals surface area contributed by atoms with Gasteiger partial charge in [-0.3, -0.25) is 4.90 Å². The number of piperazine rings is 1. The van der Waals surface area contributed by atoms with Crippen LogP contribution in [0, 0.1) is 24.0 Å². The number of carbonyl (C=O) groups is 1. The summed E-state index contributed by atoms with van der Waals surface area (Å²) in [6.07, 6.45) is -16.9. The highest BCUT2D eigenvalue weighted by atomic mass is 19.4. The standard InChI is InChI=1S/C44H43F11N6O4/c1-6-24-19-60-25(20-61(24)38(62)65-39(3,4)5)13-15-30-32-35(33(46)34(56-30)28-11-8-10-23-12-14-29(45)27(7-2)31(23)28)57-37(58-36(32)60)63-22-40-16-9-17-59(40)21-26(18-40)64-41(42(47,48)49,43(50,51)52)44(53,54)55/h2,8,10-12,14,24-26H,6,9,13,15-22H2,1,3-5H3/t24-,25-,26+,40+/m1/s1. The lowest BCUT2D eigenvalue weighted by Crippen LogP contribution is -2.68. The monoisotopic (exact) mass is 928 g/mol. The summed E-state index contributed by atoms with van der Waals surface area (Å²) in [7, 11) is 0. The fraction of sp³-hybridized carbons (Fsp3) is 0.545. The third-order valence-electron chi connectivity index (χ3n) is 12.8. The van der Waals surface area contributed by atoms with E-state index >= 15 is 8.78 Å². The molecule has 4 aliphatic heterocycles. The lowest BCUT2D eigenvalue weighted by Gasteiger charge is -2.46. The molecule has 0 unspecified atom stereocenters. The molecule has 0 spiro atoms.